The van der Waals surface area contributed by atoms with Gasteiger partial charge in [0.25, 0.3) is 0 Å². The molecule has 4 heteroatoms. The van der Waals surface area contributed by atoms with E-state index in [0.717, 1.165) is 30.0 Å². The first kappa shape index (κ1) is 17.1. The summed E-state index contributed by atoms with van der Waals surface area (Å²) < 4.78 is 0. The van der Waals surface area contributed by atoms with E-state index in [9.17, 15) is 4.79 Å². The molecule has 1 aromatic carbocycles. The quantitative estimate of drug-likeness (QED) is 0.751. The van der Waals surface area contributed by atoms with Crippen molar-refractivity contribution >= 4 is 11.6 Å². The largest absolute Gasteiger partial charge is 0.369 e. The molecule has 0 fully saturated rings. The maximum absolute atomic E-state index is 12.0. The number of nitrogens with one attached hydrogen (secondary N) is 1. The van der Waals surface area contributed by atoms with Crippen molar-refractivity contribution in [3.63, 3.8) is 0 Å². The highest BCUT2D eigenvalue weighted by atomic mass is 16.1. The smallest absolute Gasteiger partial charge is 0.148 e. The van der Waals surface area contributed by atoms with E-state index in [1.165, 1.54) is 5.56 Å². The van der Waals surface area contributed by atoms with Gasteiger partial charge in [0.1, 0.15) is 11.6 Å². The van der Waals surface area contributed by atoms with Crippen LogP contribution in [0.5, 0.6) is 0 Å². The van der Waals surface area contributed by atoms with E-state index >= 15 is 0 Å². The number of aromatic nitrogens is 2. The third-order valence-electron chi connectivity index (χ3n) is 3.78. The molecule has 0 atom stereocenters. The Morgan fingerprint density at radius 2 is 1.83 bits per heavy atom. The monoisotopic (exact) mass is 311 g/mol. The maximum atomic E-state index is 12.0. The molecule has 1 heterocycles. The number of carbonyl (C=O) groups is 1. The Morgan fingerprint density at radius 3 is 2.43 bits per heavy atom. The Bertz CT molecular complexity index is 618. The number of anilines is 1. The van der Waals surface area contributed by atoms with Crippen molar-refractivity contribution in [2.75, 3.05) is 11.9 Å². The van der Waals surface area contributed by atoms with E-state index in [2.05, 4.69) is 53.6 Å². The van der Waals surface area contributed by atoms with Gasteiger partial charge in [-0.3, -0.25) is 4.79 Å². The lowest BCUT2D eigenvalue weighted by atomic mass is 9.99. The summed E-state index contributed by atoms with van der Waals surface area (Å²) in [6.45, 7) is 6.98. The number of hydrogen-bond donors (Lipinski definition) is 1. The zero-order valence-electron chi connectivity index (χ0n) is 14.2. The normalized spacial score (nSPS) is 10.8. The van der Waals surface area contributed by atoms with Crippen LogP contribution in [-0.2, 0) is 11.2 Å². The van der Waals surface area contributed by atoms with Gasteiger partial charge in [0.05, 0.1) is 5.69 Å². The molecule has 2 rings (SSSR count). The third kappa shape index (κ3) is 5.81. The molecule has 1 aromatic heterocycles. The number of carbonyl (C=O) groups excluding carboxylic acids is 1. The van der Waals surface area contributed by atoms with Gasteiger partial charge in [-0.05, 0) is 42.5 Å². The van der Waals surface area contributed by atoms with Crippen molar-refractivity contribution in [1.29, 1.82) is 0 Å². The van der Waals surface area contributed by atoms with E-state index in [1.807, 2.05) is 19.1 Å². The predicted molar refractivity (Wildman–Crippen MR) is 93.7 cm³/mol. The van der Waals surface area contributed by atoms with Crippen molar-refractivity contribution < 1.29 is 4.79 Å². The molecule has 0 radical (unpaired) electrons. The van der Waals surface area contributed by atoms with Gasteiger partial charge in [-0.25, -0.2) is 0 Å². The lowest BCUT2D eigenvalue weighted by molar-refractivity contribution is -0.118. The summed E-state index contributed by atoms with van der Waals surface area (Å²) in [6.07, 6.45) is 1.90. The summed E-state index contributed by atoms with van der Waals surface area (Å²) in [5, 5.41) is 11.2. The molecule has 4 nitrogen and oxygen atoms in total. The lowest BCUT2D eigenvalue weighted by Gasteiger charge is -2.07. The highest BCUT2D eigenvalue weighted by Gasteiger charge is 2.05. The molecule has 23 heavy (non-hydrogen) atoms. The Hall–Kier alpha value is -2.23. The van der Waals surface area contributed by atoms with Crippen molar-refractivity contribution in [2.24, 2.45) is 0 Å². The molecule has 0 spiro atoms. The topological polar surface area (TPSA) is 54.9 Å². The molecule has 0 aliphatic carbocycles. The number of Topliss-reactive ketones (excluding diaryl/α,β-unsaturated/α-hetero) is 1. The van der Waals surface area contributed by atoms with Crippen molar-refractivity contribution in [3.05, 3.63) is 53.2 Å². The first-order chi connectivity index (χ1) is 11.0. The lowest BCUT2D eigenvalue weighted by Crippen LogP contribution is -2.08. The minimum atomic E-state index is 0.277. The predicted octanol–water partition coefficient (Wildman–Crippen LogP) is 3.91. The number of rotatable bonds is 8. The average Bonchev–Trinajstić information content (AvgIpc) is 2.54. The van der Waals surface area contributed by atoms with Crippen LogP contribution in [0.25, 0.3) is 0 Å². The standard InChI is InChI=1S/C19H25N3O/c1-14(2)17-9-7-16(8-10-17)13-18(23)5-4-12-20-19-11-6-15(3)21-22-19/h6-11,14H,4-5,12-13H2,1-3H3,(H,20,22). The van der Waals surface area contributed by atoms with Crippen LogP contribution in [0.4, 0.5) is 5.82 Å². The molecule has 0 aliphatic rings. The molecule has 122 valence electrons. The summed E-state index contributed by atoms with van der Waals surface area (Å²) >= 11 is 0. The van der Waals surface area contributed by atoms with Gasteiger partial charge in [-0.1, -0.05) is 38.1 Å². The molecular formula is C19H25N3O. The second-order valence-electron chi connectivity index (χ2n) is 6.20. The van der Waals surface area contributed by atoms with Crippen LogP contribution in [0.15, 0.2) is 36.4 Å². The number of ketones is 1. The molecule has 0 saturated heterocycles. The van der Waals surface area contributed by atoms with E-state index < -0.39 is 0 Å². The van der Waals surface area contributed by atoms with Gasteiger partial charge in [0, 0.05) is 19.4 Å². The second kappa shape index (κ2) is 8.42. The van der Waals surface area contributed by atoms with Crippen molar-refractivity contribution in [1.82, 2.24) is 10.2 Å². The van der Waals surface area contributed by atoms with Crippen LogP contribution in [0.3, 0.4) is 0 Å². The highest BCUT2D eigenvalue weighted by molar-refractivity contribution is 5.80. The summed E-state index contributed by atoms with van der Waals surface area (Å²) in [7, 11) is 0. The number of aryl methyl sites for hydroxylation is 1. The Labute approximate surface area is 138 Å². The van der Waals surface area contributed by atoms with Crippen molar-refractivity contribution in [3.8, 4) is 0 Å². The van der Waals surface area contributed by atoms with Crippen LogP contribution in [-0.4, -0.2) is 22.5 Å². The number of hydrogen-bond acceptors (Lipinski definition) is 4. The van der Waals surface area contributed by atoms with Gasteiger partial charge in [-0.15, -0.1) is 5.10 Å². The van der Waals surface area contributed by atoms with E-state index in [1.54, 1.807) is 0 Å². The summed E-state index contributed by atoms with van der Waals surface area (Å²) in [6, 6.07) is 12.2. The van der Waals surface area contributed by atoms with Crippen LogP contribution in [0, 0.1) is 6.92 Å². The molecule has 1 N–H and O–H groups in total. The summed E-state index contributed by atoms with van der Waals surface area (Å²) in [5.41, 5.74) is 3.30. The highest BCUT2D eigenvalue weighted by Crippen LogP contribution is 2.15. The van der Waals surface area contributed by atoms with Crippen LogP contribution in [0.1, 0.15) is 49.4 Å². The Kier molecular flexibility index (Phi) is 6.27. The average molecular weight is 311 g/mol. The molecule has 2 aromatic rings. The fourth-order valence-electron chi connectivity index (χ4n) is 2.33. The summed E-state index contributed by atoms with van der Waals surface area (Å²) in [4.78, 5) is 12.0. The van der Waals surface area contributed by atoms with Crippen molar-refractivity contribution in [2.45, 2.75) is 46.0 Å². The number of benzene rings is 1. The first-order valence-corrected chi connectivity index (χ1v) is 8.19. The first-order valence-electron chi connectivity index (χ1n) is 8.19. The summed E-state index contributed by atoms with van der Waals surface area (Å²) in [5.74, 6) is 1.56. The van der Waals surface area contributed by atoms with Crippen LogP contribution >= 0.6 is 0 Å². The van der Waals surface area contributed by atoms with Gasteiger partial charge in [-0.2, -0.15) is 5.10 Å². The molecule has 0 aliphatic heterocycles. The van der Waals surface area contributed by atoms with Gasteiger partial charge in [0.2, 0.25) is 0 Å². The fourth-order valence-corrected chi connectivity index (χ4v) is 2.33. The van der Waals surface area contributed by atoms with Crippen LogP contribution < -0.4 is 5.32 Å². The van der Waals surface area contributed by atoms with Gasteiger partial charge >= 0.3 is 0 Å². The molecule has 0 amide bonds. The van der Waals surface area contributed by atoms with E-state index in [0.29, 0.717) is 18.8 Å². The Balaban J connectivity index is 1.69. The molecule has 0 saturated carbocycles. The van der Waals surface area contributed by atoms with Crippen LogP contribution in [0.2, 0.25) is 0 Å². The number of nitrogens with zero attached hydrogens (tertiary/aromatic N) is 2. The molecular weight excluding hydrogens is 286 g/mol. The Morgan fingerprint density at radius 1 is 1.09 bits per heavy atom. The van der Waals surface area contributed by atoms with E-state index in [-0.39, 0.29) is 5.78 Å². The zero-order chi connectivity index (χ0) is 16.7. The van der Waals surface area contributed by atoms with E-state index in [4.69, 9.17) is 0 Å². The minimum Gasteiger partial charge on any atom is -0.369 e. The minimum absolute atomic E-state index is 0.277. The SMILES string of the molecule is Cc1ccc(NCCCC(=O)Cc2ccc(C(C)C)cc2)nn1. The third-order valence-corrected chi connectivity index (χ3v) is 3.78. The molecule has 0 unspecified atom stereocenters. The zero-order valence-corrected chi connectivity index (χ0v) is 14.2. The van der Waals surface area contributed by atoms with Gasteiger partial charge in [0.15, 0.2) is 0 Å². The second-order valence-corrected chi connectivity index (χ2v) is 6.20. The maximum Gasteiger partial charge on any atom is 0.148 e. The van der Waals surface area contributed by atoms with Gasteiger partial charge < -0.3 is 5.32 Å². The fraction of sp³-hybridized carbons (Fsp3) is 0.421. The molecule has 0 bridgehead atoms.